The van der Waals surface area contributed by atoms with E-state index in [1.54, 1.807) is 6.92 Å². The molecule has 0 atom stereocenters. The number of hydrogen-bond donors (Lipinski definition) is 1. The lowest BCUT2D eigenvalue weighted by molar-refractivity contribution is 0.152. The van der Waals surface area contributed by atoms with Crippen LogP contribution in [0.25, 0.3) is 0 Å². The lowest BCUT2D eigenvalue weighted by Gasteiger charge is -2.22. The maximum absolute atomic E-state index is 11.2. The van der Waals surface area contributed by atoms with Crippen LogP contribution in [-0.2, 0) is 4.74 Å². The molecule has 0 radical (unpaired) electrons. The maximum Gasteiger partial charge on any atom is 0.427 e. The van der Waals surface area contributed by atoms with Crippen LogP contribution in [0.4, 0.5) is 4.79 Å². The molecule has 1 amide bonds. The van der Waals surface area contributed by atoms with Gasteiger partial charge in [-0.05, 0) is 43.7 Å². The monoisotopic (exact) mass is 288 g/mol. The van der Waals surface area contributed by atoms with E-state index in [4.69, 9.17) is 4.74 Å². The minimum Gasteiger partial charge on any atom is -0.449 e. The summed E-state index contributed by atoms with van der Waals surface area (Å²) in [5, 5.41) is 4.05. The molecule has 1 aromatic carbocycles. The standard InChI is InChI=1S/C17H24N2O2/c1-3-21-17(20)19-18-13(2)14-9-11-16(12-10-14)15-7-5-4-6-8-15/h9-12,15H,3-8H2,1-2H3,(H,19,20)/b18-13-. The summed E-state index contributed by atoms with van der Waals surface area (Å²) in [5.74, 6) is 0.711. The Bertz CT molecular complexity index is 488. The largest absolute Gasteiger partial charge is 0.449 e. The van der Waals surface area contributed by atoms with Crippen molar-refractivity contribution in [3.8, 4) is 0 Å². The van der Waals surface area contributed by atoms with Crippen LogP contribution in [0.15, 0.2) is 29.4 Å². The van der Waals surface area contributed by atoms with Gasteiger partial charge in [0.1, 0.15) is 0 Å². The summed E-state index contributed by atoms with van der Waals surface area (Å²) in [6.07, 6.45) is 6.15. The number of benzene rings is 1. The van der Waals surface area contributed by atoms with Crippen molar-refractivity contribution >= 4 is 11.8 Å². The van der Waals surface area contributed by atoms with Crippen LogP contribution in [0.2, 0.25) is 0 Å². The molecular weight excluding hydrogens is 264 g/mol. The molecule has 0 aromatic heterocycles. The SMILES string of the molecule is CCOC(=O)N/N=C(/C)c1ccc(C2CCCCC2)cc1. The Kier molecular flexibility index (Phi) is 5.78. The molecule has 0 unspecified atom stereocenters. The van der Waals surface area contributed by atoms with Gasteiger partial charge in [-0.1, -0.05) is 43.5 Å². The fraction of sp³-hybridized carbons (Fsp3) is 0.529. The fourth-order valence-corrected chi connectivity index (χ4v) is 2.79. The quantitative estimate of drug-likeness (QED) is 0.666. The molecule has 0 spiro atoms. The normalized spacial score (nSPS) is 16.6. The lowest BCUT2D eigenvalue weighted by atomic mass is 9.84. The Balaban J connectivity index is 1.97. The first-order chi connectivity index (χ1) is 10.2. The minimum absolute atomic E-state index is 0.344. The smallest absolute Gasteiger partial charge is 0.427 e. The molecule has 114 valence electrons. The molecule has 0 saturated heterocycles. The van der Waals surface area contributed by atoms with E-state index in [-0.39, 0.29) is 0 Å². The van der Waals surface area contributed by atoms with Crippen LogP contribution in [-0.4, -0.2) is 18.4 Å². The molecule has 0 bridgehead atoms. The van der Waals surface area contributed by atoms with Gasteiger partial charge >= 0.3 is 6.09 Å². The van der Waals surface area contributed by atoms with Crippen LogP contribution >= 0.6 is 0 Å². The van der Waals surface area contributed by atoms with Crippen LogP contribution in [0.3, 0.4) is 0 Å². The third kappa shape index (κ3) is 4.59. The van der Waals surface area contributed by atoms with E-state index in [0.29, 0.717) is 12.5 Å². The number of rotatable bonds is 4. The minimum atomic E-state index is -0.518. The predicted octanol–water partition coefficient (Wildman–Crippen LogP) is 4.20. The predicted molar refractivity (Wildman–Crippen MR) is 84.6 cm³/mol. The van der Waals surface area contributed by atoms with Gasteiger partial charge in [-0.2, -0.15) is 5.10 Å². The van der Waals surface area contributed by atoms with E-state index in [1.807, 2.05) is 6.92 Å². The summed E-state index contributed by atoms with van der Waals surface area (Å²) in [6.45, 7) is 3.98. The Morgan fingerprint density at radius 2 is 1.90 bits per heavy atom. The first-order valence-corrected chi connectivity index (χ1v) is 7.78. The van der Waals surface area contributed by atoms with Crippen molar-refractivity contribution in [2.45, 2.75) is 51.9 Å². The van der Waals surface area contributed by atoms with E-state index in [1.165, 1.54) is 37.7 Å². The van der Waals surface area contributed by atoms with E-state index in [9.17, 15) is 4.79 Å². The van der Waals surface area contributed by atoms with Gasteiger partial charge in [0.15, 0.2) is 0 Å². The lowest BCUT2D eigenvalue weighted by Crippen LogP contribution is -2.20. The number of nitrogens with one attached hydrogen (secondary N) is 1. The molecule has 1 aliphatic rings. The highest BCUT2D eigenvalue weighted by Gasteiger charge is 2.15. The number of carbonyl (C=O) groups excluding carboxylic acids is 1. The van der Waals surface area contributed by atoms with Crippen molar-refractivity contribution in [1.29, 1.82) is 0 Å². The average molecular weight is 288 g/mol. The Labute approximate surface area is 126 Å². The highest BCUT2D eigenvalue weighted by Crippen LogP contribution is 2.32. The summed E-state index contributed by atoms with van der Waals surface area (Å²) in [6, 6.07) is 8.54. The third-order valence-electron chi connectivity index (χ3n) is 4.00. The van der Waals surface area contributed by atoms with Gasteiger partial charge in [0.25, 0.3) is 0 Å². The molecule has 1 aromatic rings. The molecule has 1 fully saturated rings. The molecular formula is C17H24N2O2. The molecule has 0 aliphatic heterocycles. The second-order valence-electron chi connectivity index (χ2n) is 5.49. The zero-order valence-electron chi connectivity index (χ0n) is 12.9. The van der Waals surface area contributed by atoms with E-state index >= 15 is 0 Å². The molecule has 0 heterocycles. The van der Waals surface area contributed by atoms with Crippen LogP contribution in [0.1, 0.15) is 63.0 Å². The summed E-state index contributed by atoms with van der Waals surface area (Å²) in [5.41, 5.74) is 5.60. The van der Waals surface area contributed by atoms with Gasteiger partial charge in [0.2, 0.25) is 0 Å². The van der Waals surface area contributed by atoms with Crippen molar-refractivity contribution in [3.63, 3.8) is 0 Å². The van der Waals surface area contributed by atoms with Crippen LogP contribution in [0, 0.1) is 0 Å². The van der Waals surface area contributed by atoms with Gasteiger partial charge in [-0.3, -0.25) is 0 Å². The highest BCUT2D eigenvalue weighted by molar-refractivity contribution is 5.99. The number of ether oxygens (including phenoxy) is 1. The number of carbonyl (C=O) groups is 1. The molecule has 1 saturated carbocycles. The molecule has 1 N–H and O–H groups in total. The third-order valence-corrected chi connectivity index (χ3v) is 4.00. The van der Waals surface area contributed by atoms with E-state index < -0.39 is 6.09 Å². The number of nitrogens with zero attached hydrogens (tertiary/aromatic N) is 1. The number of hydrazone groups is 1. The van der Waals surface area contributed by atoms with Crippen molar-refractivity contribution in [2.75, 3.05) is 6.61 Å². The molecule has 2 rings (SSSR count). The van der Waals surface area contributed by atoms with E-state index in [2.05, 4.69) is 34.8 Å². The number of amides is 1. The summed E-state index contributed by atoms with van der Waals surface area (Å²) in [7, 11) is 0. The Morgan fingerprint density at radius 1 is 1.24 bits per heavy atom. The summed E-state index contributed by atoms with van der Waals surface area (Å²) in [4.78, 5) is 11.2. The molecule has 4 nitrogen and oxygen atoms in total. The van der Waals surface area contributed by atoms with Gasteiger partial charge in [-0.15, -0.1) is 0 Å². The Hall–Kier alpha value is -1.84. The van der Waals surface area contributed by atoms with Gasteiger partial charge in [0.05, 0.1) is 12.3 Å². The average Bonchev–Trinajstić information content (AvgIpc) is 2.54. The van der Waals surface area contributed by atoms with Crippen LogP contribution in [0.5, 0.6) is 0 Å². The van der Waals surface area contributed by atoms with Gasteiger partial charge in [-0.25, -0.2) is 10.2 Å². The summed E-state index contributed by atoms with van der Waals surface area (Å²) >= 11 is 0. The van der Waals surface area contributed by atoms with Gasteiger partial charge in [0, 0.05) is 0 Å². The molecule has 1 aliphatic carbocycles. The zero-order chi connectivity index (χ0) is 15.1. The van der Waals surface area contributed by atoms with Crippen molar-refractivity contribution in [1.82, 2.24) is 5.43 Å². The second kappa shape index (κ2) is 7.81. The van der Waals surface area contributed by atoms with Gasteiger partial charge < -0.3 is 4.74 Å². The second-order valence-corrected chi connectivity index (χ2v) is 5.49. The highest BCUT2D eigenvalue weighted by atomic mass is 16.5. The fourth-order valence-electron chi connectivity index (χ4n) is 2.79. The molecule has 21 heavy (non-hydrogen) atoms. The van der Waals surface area contributed by atoms with Crippen molar-refractivity contribution < 1.29 is 9.53 Å². The van der Waals surface area contributed by atoms with E-state index in [0.717, 1.165) is 11.3 Å². The summed E-state index contributed by atoms with van der Waals surface area (Å²) < 4.78 is 4.77. The zero-order valence-corrected chi connectivity index (χ0v) is 12.9. The first-order valence-electron chi connectivity index (χ1n) is 7.78. The maximum atomic E-state index is 11.2. The van der Waals surface area contributed by atoms with Crippen LogP contribution < -0.4 is 5.43 Å². The molecule has 4 heteroatoms. The first kappa shape index (κ1) is 15.5. The van der Waals surface area contributed by atoms with Crippen molar-refractivity contribution in [3.05, 3.63) is 35.4 Å². The van der Waals surface area contributed by atoms with Crippen molar-refractivity contribution in [2.24, 2.45) is 5.10 Å². The topological polar surface area (TPSA) is 50.7 Å². The Morgan fingerprint density at radius 3 is 2.52 bits per heavy atom. The number of hydrogen-bond acceptors (Lipinski definition) is 3.